The summed E-state index contributed by atoms with van der Waals surface area (Å²) in [5, 5.41) is 4.08. The first-order valence-corrected chi connectivity index (χ1v) is 7.33. The van der Waals surface area contributed by atoms with E-state index in [0.717, 1.165) is 50.1 Å². The Morgan fingerprint density at radius 2 is 1.90 bits per heavy atom. The van der Waals surface area contributed by atoms with Gasteiger partial charge in [-0.15, -0.1) is 0 Å². The quantitative estimate of drug-likeness (QED) is 0.852. The van der Waals surface area contributed by atoms with Crippen LogP contribution in [0.1, 0.15) is 55.1 Å². The van der Waals surface area contributed by atoms with Gasteiger partial charge in [0.2, 0.25) is 5.89 Å². The molecular formula is C14H18N4O2. The normalized spacial score (nSPS) is 21.4. The minimum atomic E-state index is 0.452. The van der Waals surface area contributed by atoms with E-state index in [9.17, 15) is 0 Å². The zero-order valence-electron chi connectivity index (χ0n) is 11.4. The molecule has 4 rings (SSSR count). The number of likely N-dealkylation sites (tertiary alicyclic amines) is 1. The van der Waals surface area contributed by atoms with Gasteiger partial charge < -0.3 is 8.94 Å². The molecule has 1 aliphatic heterocycles. The van der Waals surface area contributed by atoms with E-state index in [1.165, 1.54) is 12.8 Å². The largest absolute Gasteiger partial charge is 0.449 e. The van der Waals surface area contributed by atoms with Crippen molar-refractivity contribution in [2.45, 2.75) is 44.1 Å². The molecule has 0 N–H and O–H groups in total. The third kappa shape index (κ3) is 2.47. The van der Waals surface area contributed by atoms with Gasteiger partial charge in [-0.2, -0.15) is 4.98 Å². The van der Waals surface area contributed by atoms with Crippen LogP contribution in [0.3, 0.4) is 0 Å². The van der Waals surface area contributed by atoms with Crippen LogP contribution in [0, 0.1) is 0 Å². The van der Waals surface area contributed by atoms with Gasteiger partial charge >= 0.3 is 0 Å². The molecule has 6 nitrogen and oxygen atoms in total. The fraction of sp³-hybridized carbons (Fsp3) is 0.643. The molecular weight excluding hydrogens is 256 g/mol. The maximum Gasteiger partial charge on any atom is 0.229 e. The lowest BCUT2D eigenvalue weighted by atomic mass is 9.97. The summed E-state index contributed by atoms with van der Waals surface area (Å²) in [5.41, 5.74) is 0. The summed E-state index contributed by atoms with van der Waals surface area (Å²) in [6, 6.07) is 0. The van der Waals surface area contributed by atoms with Gasteiger partial charge in [-0.3, -0.25) is 4.90 Å². The summed E-state index contributed by atoms with van der Waals surface area (Å²) in [7, 11) is 0. The van der Waals surface area contributed by atoms with Crippen molar-refractivity contribution in [1.29, 1.82) is 0 Å². The molecule has 0 unspecified atom stereocenters. The first kappa shape index (κ1) is 12.1. The van der Waals surface area contributed by atoms with Gasteiger partial charge in [-0.25, -0.2) is 4.98 Å². The Labute approximate surface area is 117 Å². The van der Waals surface area contributed by atoms with Crippen LogP contribution in [-0.2, 0) is 6.54 Å². The Morgan fingerprint density at radius 1 is 1.10 bits per heavy atom. The maximum atomic E-state index is 5.39. The Kier molecular flexibility index (Phi) is 3.03. The molecule has 0 aromatic carbocycles. The van der Waals surface area contributed by atoms with Gasteiger partial charge in [0.1, 0.15) is 6.26 Å². The van der Waals surface area contributed by atoms with Crippen LogP contribution in [0.15, 0.2) is 21.4 Å². The Hall–Kier alpha value is -1.69. The molecule has 3 heterocycles. The van der Waals surface area contributed by atoms with Crippen molar-refractivity contribution in [3.05, 3.63) is 30.1 Å². The van der Waals surface area contributed by atoms with Gasteiger partial charge in [0.25, 0.3) is 0 Å². The molecule has 0 bridgehead atoms. The van der Waals surface area contributed by atoms with E-state index in [2.05, 4.69) is 20.0 Å². The van der Waals surface area contributed by atoms with Crippen LogP contribution >= 0.6 is 0 Å². The highest BCUT2D eigenvalue weighted by atomic mass is 16.5. The van der Waals surface area contributed by atoms with Crippen LogP contribution in [0.25, 0.3) is 0 Å². The molecule has 6 heteroatoms. The Bertz CT molecular complexity index is 554. The SMILES string of the molecule is c1coc(C2CCN(Cc3noc(C4CC4)n3)CC2)n1. The lowest BCUT2D eigenvalue weighted by Gasteiger charge is -2.29. The predicted octanol–water partition coefficient (Wildman–Crippen LogP) is 2.31. The van der Waals surface area contributed by atoms with E-state index >= 15 is 0 Å². The molecule has 1 aliphatic carbocycles. The molecule has 0 spiro atoms. The monoisotopic (exact) mass is 274 g/mol. The molecule has 2 aliphatic rings. The van der Waals surface area contributed by atoms with Crippen LogP contribution < -0.4 is 0 Å². The van der Waals surface area contributed by atoms with E-state index in [0.29, 0.717) is 11.8 Å². The smallest absolute Gasteiger partial charge is 0.229 e. The number of hydrogen-bond donors (Lipinski definition) is 0. The summed E-state index contributed by atoms with van der Waals surface area (Å²) in [6.45, 7) is 2.84. The third-order valence-electron chi connectivity index (χ3n) is 4.16. The number of piperidine rings is 1. The molecule has 0 radical (unpaired) electrons. The molecule has 2 aromatic heterocycles. The molecule has 1 saturated heterocycles. The molecule has 20 heavy (non-hydrogen) atoms. The van der Waals surface area contributed by atoms with E-state index in [4.69, 9.17) is 8.94 Å². The van der Waals surface area contributed by atoms with Gasteiger partial charge in [0, 0.05) is 11.8 Å². The topological polar surface area (TPSA) is 68.2 Å². The highest BCUT2D eigenvalue weighted by Crippen LogP contribution is 2.38. The summed E-state index contributed by atoms with van der Waals surface area (Å²) in [6.07, 6.45) is 7.93. The molecule has 2 aromatic rings. The molecule has 0 amide bonds. The van der Waals surface area contributed by atoms with E-state index in [-0.39, 0.29) is 0 Å². The van der Waals surface area contributed by atoms with E-state index in [1.54, 1.807) is 12.5 Å². The highest BCUT2D eigenvalue weighted by molar-refractivity contribution is 5.02. The van der Waals surface area contributed by atoms with Crippen LogP contribution in [0.5, 0.6) is 0 Å². The maximum absolute atomic E-state index is 5.39. The summed E-state index contributed by atoms with van der Waals surface area (Å²) < 4.78 is 10.7. The second kappa shape index (κ2) is 5.01. The lowest BCUT2D eigenvalue weighted by Crippen LogP contribution is -2.32. The van der Waals surface area contributed by atoms with Crippen LogP contribution in [0.4, 0.5) is 0 Å². The number of rotatable bonds is 4. The first-order chi connectivity index (χ1) is 9.88. The number of hydrogen-bond acceptors (Lipinski definition) is 6. The number of oxazole rings is 1. The molecule has 106 valence electrons. The van der Waals surface area contributed by atoms with E-state index < -0.39 is 0 Å². The highest BCUT2D eigenvalue weighted by Gasteiger charge is 2.30. The van der Waals surface area contributed by atoms with Crippen molar-refractivity contribution >= 4 is 0 Å². The van der Waals surface area contributed by atoms with Crippen molar-refractivity contribution in [1.82, 2.24) is 20.0 Å². The number of aromatic nitrogens is 3. The van der Waals surface area contributed by atoms with Crippen molar-refractivity contribution in [2.75, 3.05) is 13.1 Å². The van der Waals surface area contributed by atoms with Crippen molar-refractivity contribution in [2.24, 2.45) is 0 Å². The predicted molar refractivity (Wildman–Crippen MR) is 70.0 cm³/mol. The summed E-state index contributed by atoms with van der Waals surface area (Å²) in [5.74, 6) is 3.51. The summed E-state index contributed by atoms with van der Waals surface area (Å²) >= 11 is 0. The minimum Gasteiger partial charge on any atom is -0.449 e. The van der Waals surface area contributed by atoms with Gasteiger partial charge in [-0.1, -0.05) is 5.16 Å². The fourth-order valence-electron chi connectivity index (χ4n) is 2.80. The van der Waals surface area contributed by atoms with Crippen LogP contribution in [-0.4, -0.2) is 33.1 Å². The Balaban J connectivity index is 1.32. The molecule has 2 fully saturated rings. The number of nitrogens with zero attached hydrogens (tertiary/aromatic N) is 4. The van der Waals surface area contributed by atoms with Crippen molar-refractivity contribution in [3.8, 4) is 0 Å². The van der Waals surface area contributed by atoms with Gasteiger partial charge in [0.15, 0.2) is 11.7 Å². The average Bonchev–Trinajstić information content (AvgIpc) is 3.00. The van der Waals surface area contributed by atoms with Crippen molar-refractivity contribution < 1.29 is 8.94 Å². The Morgan fingerprint density at radius 3 is 2.60 bits per heavy atom. The molecule has 0 atom stereocenters. The van der Waals surface area contributed by atoms with Crippen molar-refractivity contribution in [3.63, 3.8) is 0 Å². The lowest BCUT2D eigenvalue weighted by molar-refractivity contribution is 0.187. The summed E-state index contributed by atoms with van der Waals surface area (Å²) in [4.78, 5) is 11.1. The zero-order valence-corrected chi connectivity index (χ0v) is 11.4. The first-order valence-electron chi connectivity index (χ1n) is 7.33. The second-order valence-electron chi connectivity index (χ2n) is 5.74. The standard InChI is InChI=1S/C14H18N4O2/c1-2-10(1)14-16-12(17-20-14)9-18-6-3-11(4-7-18)13-15-5-8-19-13/h5,8,10-11H,1-4,6-7,9H2. The molecule has 1 saturated carbocycles. The zero-order chi connectivity index (χ0) is 13.4. The minimum absolute atomic E-state index is 0.452. The van der Waals surface area contributed by atoms with Gasteiger partial charge in [0.05, 0.1) is 12.7 Å². The third-order valence-corrected chi connectivity index (χ3v) is 4.16. The van der Waals surface area contributed by atoms with Gasteiger partial charge in [-0.05, 0) is 38.8 Å². The van der Waals surface area contributed by atoms with Crippen LogP contribution in [0.2, 0.25) is 0 Å². The fourth-order valence-corrected chi connectivity index (χ4v) is 2.80. The van der Waals surface area contributed by atoms with E-state index in [1.807, 2.05) is 0 Å². The average molecular weight is 274 g/mol. The second-order valence-corrected chi connectivity index (χ2v) is 5.74.